The molecule has 0 unspecified atom stereocenters. The van der Waals surface area contributed by atoms with Gasteiger partial charge in [-0.2, -0.15) is 5.26 Å². The number of para-hydroxylation sites is 2. The van der Waals surface area contributed by atoms with E-state index < -0.39 is 0 Å². The van der Waals surface area contributed by atoms with Gasteiger partial charge < -0.3 is 10.1 Å². The van der Waals surface area contributed by atoms with Gasteiger partial charge in [-0.25, -0.2) is 4.98 Å². The van der Waals surface area contributed by atoms with Crippen LogP contribution >= 0.6 is 23.4 Å². The number of nitrogens with zero attached hydrogens (tertiary/aromatic N) is 2. The summed E-state index contributed by atoms with van der Waals surface area (Å²) in [6.07, 6.45) is 0. The molecule has 168 valence electrons. The smallest absolute Gasteiger partial charge is 0.234 e. The fourth-order valence-corrected chi connectivity index (χ4v) is 4.49. The summed E-state index contributed by atoms with van der Waals surface area (Å²) in [5.41, 5.74) is 3.97. The van der Waals surface area contributed by atoms with Crippen LogP contribution in [0.2, 0.25) is 5.02 Å². The van der Waals surface area contributed by atoms with Crippen LogP contribution in [0.4, 0.5) is 5.69 Å². The number of pyridine rings is 1. The molecule has 1 heterocycles. The quantitative estimate of drug-likeness (QED) is 0.295. The lowest BCUT2D eigenvalue weighted by Gasteiger charge is -2.14. The lowest BCUT2D eigenvalue weighted by atomic mass is 9.99. The van der Waals surface area contributed by atoms with Crippen LogP contribution in [0.15, 0.2) is 90.0 Å². The van der Waals surface area contributed by atoms with Gasteiger partial charge in [0.05, 0.1) is 29.8 Å². The molecule has 0 aliphatic carbocycles. The van der Waals surface area contributed by atoms with Crippen LogP contribution in [0.25, 0.3) is 22.4 Å². The molecule has 4 aromatic rings. The van der Waals surface area contributed by atoms with Gasteiger partial charge in [0.25, 0.3) is 0 Å². The Bertz CT molecular complexity index is 1370. The number of carbonyl (C=O) groups is 1. The zero-order valence-electron chi connectivity index (χ0n) is 18.3. The first-order chi connectivity index (χ1) is 16.6. The van der Waals surface area contributed by atoms with Crippen LogP contribution < -0.4 is 10.1 Å². The Morgan fingerprint density at radius 1 is 1.03 bits per heavy atom. The Labute approximate surface area is 207 Å². The molecular weight excluding hydrogens is 466 g/mol. The van der Waals surface area contributed by atoms with Gasteiger partial charge in [0.1, 0.15) is 16.8 Å². The maximum Gasteiger partial charge on any atom is 0.234 e. The molecule has 0 aliphatic heterocycles. The number of benzene rings is 3. The highest BCUT2D eigenvalue weighted by Gasteiger charge is 2.18. The van der Waals surface area contributed by atoms with Gasteiger partial charge in [-0.3, -0.25) is 4.79 Å². The SMILES string of the molecule is COc1ccccc1NC(=O)CSc1nc(-c2ccccc2)cc(-c2ccccc2Cl)c1C#N. The summed E-state index contributed by atoms with van der Waals surface area (Å²) >= 11 is 7.68. The normalized spacial score (nSPS) is 10.4. The van der Waals surface area contributed by atoms with Crippen molar-refractivity contribution in [1.29, 1.82) is 5.26 Å². The Morgan fingerprint density at radius 2 is 1.74 bits per heavy atom. The summed E-state index contributed by atoms with van der Waals surface area (Å²) in [6.45, 7) is 0. The average Bonchev–Trinajstić information content (AvgIpc) is 2.88. The summed E-state index contributed by atoms with van der Waals surface area (Å²) in [7, 11) is 1.55. The Morgan fingerprint density at radius 3 is 2.47 bits per heavy atom. The number of hydrogen-bond acceptors (Lipinski definition) is 5. The van der Waals surface area contributed by atoms with Crippen LogP contribution in [-0.2, 0) is 4.79 Å². The number of anilines is 1. The number of halogens is 1. The van der Waals surface area contributed by atoms with E-state index in [-0.39, 0.29) is 11.7 Å². The van der Waals surface area contributed by atoms with Crippen molar-refractivity contribution in [3.05, 3.63) is 95.5 Å². The van der Waals surface area contributed by atoms with Crippen molar-refractivity contribution in [2.24, 2.45) is 0 Å². The highest BCUT2D eigenvalue weighted by atomic mass is 35.5. The van der Waals surface area contributed by atoms with Crippen LogP contribution in [0.1, 0.15) is 5.56 Å². The third-order valence-electron chi connectivity index (χ3n) is 5.05. The van der Waals surface area contributed by atoms with Gasteiger partial charge in [-0.1, -0.05) is 84.0 Å². The molecule has 0 radical (unpaired) electrons. The lowest BCUT2D eigenvalue weighted by Crippen LogP contribution is -2.15. The van der Waals surface area contributed by atoms with Crippen molar-refractivity contribution in [3.63, 3.8) is 0 Å². The van der Waals surface area contributed by atoms with Gasteiger partial charge in [-0.05, 0) is 24.3 Å². The minimum absolute atomic E-state index is 0.0694. The predicted octanol–water partition coefficient (Wildman–Crippen LogP) is 6.68. The van der Waals surface area contributed by atoms with Gasteiger partial charge >= 0.3 is 0 Å². The minimum Gasteiger partial charge on any atom is -0.495 e. The standard InChI is InChI=1S/C27H20ClN3O2S/c1-33-25-14-8-7-13-23(25)30-26(32)17-34-27-21(16-29)20(19-11-5-6-12-22(19)28)15-24(31-27)18-9-3-2-4-10-18/h2-15H,17H2,1H3,(H,30,32). The van der Waals surface area contributed by atoms with Crippen molar-refractivity contribution >= 4 is 35.0 Å². The molecule has 34 heavy (non-hydrogen) atoms. The summed E-state index contributed by atoms with van der Waals surface area (Å²) < 4.78 is 5.30. The van der Waals surface area contributed by atoms with Gasteiger partial charge in [0.2, 0.25) is 5.91 Å². The van der Waals surface area contributed by atoms with Gasteiger partial charge in [0, 0.05) is 21.7 Å². The number of carbonyl (C=O) groups excluding carboxylic acids is 1. The van der Waals surface area contributed by atoms with Crippen molar-refractivity contribution in [1.82, 2.24) is 4.98 Å². The van der Waals surface area contributed by atoms with E-state index in [9.17, 15) is 10.1 Å². The molecule has 0 bridgehead atoms. The number of aromatic nitrogens is 1. The minimum atomic E-state index is -0.232. The Hall–Kier alpha value is -3.79. The third kappa shape index (κ3) is 5.23. The highest BCUT2D eigenvalue weighted by molar-refractivity contribution is 8.00. The first-order valence-corrected chi connectivity index (χ1v) is 11.8. The Kier molecular flexibility index (Phi) is 7.48. The fourth-order valence-electron chi connectivity index (χ4n) is 3.45. The summed E-state index contributed by atoms with van der Waals surface area (Å²) in [6, 6.07) is 28.4. The van der Waals surface area contributed by atoms with E-state index >= 15 is 0 Å². The maximum atomic E-state index is 12.7. The van der Waals surface area contributed by atoms with Crippen LogP contribution in [0.3, 0.4) is 0 Å². The van der Waals surface area contributed by atoms with E-state index in [1.54, 1.807) is 25.3 Å². The largest absolute Gasteiger partial charge is 0.495 e. The second-order valence-corrected chi connectivity index (χ2v) is 8.60. The summed E-state index contributed by atoms with van der Waals surface area (Å²) in [4.78, 5) is 17.4. The molecule has 0 spiro atoms. The van der Waals surface area contributed by atoms with E-state index in [0.717, 1.165) is 11.1 Å². The lowest BCUT2D eigenvalue weighted by molar-refractivity contribution is -0.113. The molecule has 0 aliphatic rings. The van der Waals surface area contributed by atoms with Crippen molar-refractivity contribution in [2.45, 2.75) is 5.03 Å². The number of nitrogens with one attached hydrogen (secondary N) is 1. The molecule has 0 atom stereocenters. The molecule has 1 aromatic heterocycles. The number of ether oxygens (including phenoxy) is 1. The number of rotatable bonds is 7. The molecular formula is C27H20ClN3O2S. The molecule has 3 aromatic carbocycles. The molecule has 0 saturated carbocycles. The Balaban J connectivity index is 1.70. The molecule has 4 rings (SSSR count). The molecule has 7 heteroatoms. The highest BCUT2D eigenvalue weighted by Crippen LogP contribution is 2.37. The number of thioether (sulfide) groups is 1. The van der Waals surface area contributed by atoms with E-state index in [1.165, 1.54) is 11.8 Å². The van der Waals surface area contributed by atoms with Crippen molar-refractivity contribution in [3.8, 4) is 34.2 Å². The van der Waals surface area contributed by atoms with Crippen LogP contribution in [0.5, 0.6) is 5.75 Å². The molecule has 0 saturated heterocycles. The van der Waals surface area contributed by atoms with Gasteiger partial charge in [-0.15, -0.1) is 0 Å². The maximum absolute atomic E-state index is 12.7. The van der Waals surface area contributed by atoms with Crippen LogP contribution in [-0.4, -0.2) is 23.8 Å². The molecule has 1 amide bonds. The number of amides is 1. The number of methoxy groups -OCH3 is 1. The third-order valence-corrected chi connectivity index (χ3v) is 6.36. The predicted molar refractivity (Wildman–Crippen MR) is 137 cm³/mol. The van der Waals surface area contributed by atoms with Crippen molar-refractivity contribution < 1.29 is 9.53 Å². The average molecular weight is 486 g/mol. The fraction of sp³-hybridized carbons (Fsp3) is 0.0741. The first kappa shape index (κ1) is 23.4. The topological polar surface area (TPSA) is 75.0 Å². The molecule has 1 N–H and O–H groups in total. The summed E-state index contributed by atoms with van der Waals surface area (Å²) in [5.74, 6) is 0.410. The van der Waals surface area contributed by atoms with E-state index in [4.69, 9.17) is 21.3 Å². The second-order valence-electron chi connectivity index (χ2n) is 7.23. The molecule has 5 nitrogen and oxygen atoms in total. The second kappa shape index (κ2) is 10.9. The van der Waals surface area contributed by atoms with E-state index in [1.807, 2.05) is 66.7 Å². The monoisotopic (exact) mass is 485 g/mol. The zero-order valence-corrected chi connectivity index (χ0v) is 19.9. The number of hydrogen-bond donors (Lipinski definition) is 1. The zero-order chi connectivity index (χ0) is 23.9. The van der Waals surface area contributed by atoms with Crippen molar-refractivity contribution in [2.75, 3.05) is 18.2 Å². The van der Waals surface area contributed by atoms with E-state index in [0.29, 0.717) is 38.3 Å². The number of nitriles is 1. The van der Waals surface area contributed by atoms with E-state index in [2.05, 4.69) is 11.4 Å². The first-order valence-electron chi connectivity index (χ1n) is 10.4. The van der Waals surface area contributed by atoms with Gasteiger partial charge in [0.15, 0.2) is 0 Å². The summed E-state index contributed by atoms with van der Waals surface area (Å²) in [5, 5.41) is 13.9. The molecule has 0 fully saturated rings. The van der Waals surface area contributed by atoms with Crippen LogP contribution in [0, 0.1) is 11.3 Å².